The molecule has 0 aliphatic rings. The van der Waals surface area contributed by atoms with Crippen LogP contribution in [-0.2, 0) is 37.7 Å². The molecule has 1 radical (unpaired) electrons. The van der Waals surface area contributed by atoms with Gasteiger partial charge in [0.05, 0.1) is 0 Å². The van der Waals surface area contributed by atoms with Crippen LogP contribution in [0.4, 0.5) is 0 Å². The van der Waals surface area contributed by atoms with Crippen LogP contribution >= 0.6 is 0 Å². The van der Waals surface area contributed by atoms with Crippen molar-refractivity contribution in [1.82, 2.24) is 0 Å². The van der Waals surface area contributed by atoms with Crippen molar-refractivity contribution in [2.24, 2.45) is 5.92 Å². The molecular formula is C12H20O4V. The van der Waals surface area contributed by atoms with Gasteiger partial charge in [-0.2, -0.15) is 0 Å². The summed E-state index contributed by atoms with van der Waals surface area (Å²) in [6.07, 6.45) is 2.07. The molecule has 4 nitrogen and oxygen atoms in total. The first-order valence-electron chi connectivity index (χ1n) is 5.42. The Morgan fingerprint density at radius 3 is 2.18 bits per heavy atom. The Kier molecular flexibility index (Phi) is 9.35. The van der Waals surface area contributed by atoms with Crippen molar-refractivity contribution in [3.63, 3.8) is 0 Å². The molecule has 0 aliphatic carbocycles. The van der Waals surface area contributed by atoms with Crippen LogP contribution in [0, 0.1) is 5.92 Å². The van der Waals surface area contributed by atoms with Gasteiger partial charge < -0.3 is 14.3 Å². The Bertz CT molecular complexity index is 274. The molecule has 0 bridgehead atoms. The number of carbonyl (C=O) groups is 3. The minimum atomic E-state index is -0.706. The van der Waals surface area contributed by atoms with Crippen LogP contribution in [0.5, 0.6) is 0 Å². The Labute approximate surface area is 114 Å². The number of aldehydes is 1. The fourth-order valence-corrected chi connectivity index (χ4v) is 1.70. The summed E-state index contributed by atoms with van der Waals surface area (Å²) in [7, 11) is 0. The van der Waals surface area contributed by atoms with E-state index in [0.29, 0.717) is 19.3 Å². The second kappa shape index (κ2) is 8.48. The van der Waals surface area contributed by atoms with E-state index < -0.39 is 5.60 Å². The fourth-order valence-electron chi connectivity index (χ4n) is 1.70. The van der Waals surface area contributed by atoms with Gasteiger partial charge in [0, 0.05) is 44.2 Å². The first kappa shape index (κ1) is 18.8. The monoisotopic (exact) mass is 279 g/mol. The van der Waals surface area contributed by atoms with Crippen LogP contribution in [0.2, 0.25) is 0 Å². The maximum absolute atomic E-state index is 10.9. The van der Waals surface area contributed by atoms with E-state index >= 15 is 0 Å². The van der Waals surface area contributed by atoms with Crippen LogP contribution < -0.4 is 0 Å². The minimum absolute atomic E-state index is 0. The third-order valence-electron chi connectivity index (χ3n) is 2.62. The van der Waals surface area contributed by atoms with E-state index in [9.17, 15) is 14.4 Å². The molecule has 1 unspecified atom stereocenters. The van der Waals surface area contributed by atoms with Crippen molar-refractivity contribution in [2.75, 3.05) is 0 Å². The van der Waals surface area contributed by atoms with E-state index in [4.69, 9.17) is 4.74 Å². The molecule has 0 N–H and O–H groups in total. The predicted molar refractivity (Wildman–Crippen MR) is 59.9 cm³/mol. The average molecular weight is 279 g/mol. The summed E-state index contributed by atoms with van der Waals surface area (Å²) in [5.41, 5.74) is -0.706. The number of Topliss-reactive ketones (excluding diaryl/α,β-unsaturated/α-hetero) is 1. The van der Waals surface area contributed by atoms with E-state index in [1.807, 2.05) is 0 Å². The van der Waals surface area contributed by atoms with Crippen LogP contribution in [0.25, 0.3) is 0 Å². The second-order valence-electron chi connectivity index (χ2n) is 4.54. The summed E-state index contributed by atoms with van der Waals surface area (Å²) in [6.45, 7) is 6.38. The number of carbonyl (C=O) groups excluding carboxylic acids is 3. The molecule has 0 saturated carbocycles. The fraction of sp³-hybridized carbons (Fsp3) is 0.750. The van der Waals surface area contributed by atoms with E-state index in [0.717, 1.165) is 6.29 Å². The van der Waals surface area contributed by atoms with Crippen molar-refractivity contribution >= 4 is 18.0 Å². The van der Waals surface area contributed by atoms with Gasteiger partial charge in [-0.05, 0) is 27.2 Å². The Morgan fingerprint density at radius 2 is 1.82 bits per heavy atom. The molecule has 0 rings (SSSR count). The van der Waals surface area contributed by atoms with Crippen LogP contribution in [-0.4, -0.2) is 23.6 Å². The van der Waals surface area contributed by atoms with Crippen molar-refractivity contribution in [3.8, 4) is 0 Å². The molecule has 17 heavy (non-hydrogen) atoms. The van der Waals surface area contributed by atoms with Crippen molar-refractivity contribution in [1.29, 1.82) is 0 Å². The molecular weight excluding hydrogens is 259 g/mol. The molecule has 0 saturated heterocycles. The molecule has 0 aromatic heterocycles. The van der Waals surface area contributed by atoms with Gasteiger partial charge in [-0.25, -0.2) is 0 Å². The first-order valence-corrected chi connectivity index (χ1v) is 5.42. The summed E-state index contributed by atoms with van der Waals surface area (Å²) in [5, 5.41) is 0. The third-order valence-corrected chi connectivity index (χ3v) is 2.62. The zero-order chi connectivity index (χ0) is 12.8. The van der Waals surface area contributed by atoms with Crippen LogP contribution in [0.1, 0.15) is 47.0 Å². The maximum atomic E-state index is 10.9. The molecule has 0 amide bonds. The third kappa shape index (κ3) is 8.16. The summed E-state index contributed by atoms with van der Waals surface area (Å²) in [5.74, 6) is -0.406. The number of esters is 1. The molecule has 0 aromatic carbocycles. The molecule has 1 atom stereocenters. The van der Waals surface area contributed by atoms with Gasteiger partial charge in [-0.1, -0.05) is 0 Å². The number of ketones is 1. The van der Waals surface area contributed by atoms with Gasteiger partial charge in [0.2, 0.25) is 0 Å². The van der Waals surface area contributed by atoms with Crippen LogP contribution in [0.15, 0.2) is 0 Å². The van der Waals surface area contributed by atoms with Gasteiger partial charge in [-0.15, -0.1) is 0 Å². The predicted octanol–water partition coefficient (Wildman–Crippen LogP) is 1.90. The normalized spacial score (nSPS) is 12.2. The Balaban J connectivity index is 0. The summed E-state index contributed by atoms with van der Waals surface area (Å²) in [4.78, 5) is 32.4. The molecule has 0 spiro atoms. The number of hydrogen-bond donors (Lipinski definition) is 0. The topological polar surface area (TPSA) is 60.4 Å². The van der Waals surface area contributed by atoms with Gasteiger partial charge in [-0.3, -0.25) is 4.79 Å². The van der Waals surface area contributed by atoms with E-state index in [-0.39, 0.29) is 36.2 Å². The first-order chi connectivity index (χ1) is 7.29. The van der Waals surface area contributed by atoms with E-state index in [1.165, 1.54) is 13.8 Å². The largest absolute Gasteiger partial charge is 0.460 e. The van der Waals surface area contributed by atoms with Crippen molar-refractivity contribution in [3.05, 3.63) is 0 Å². The average Bonchev–Trinajstić information content (AvgIpc) is 2.09. The molecule has 0 aromatic rings. The standard InChI is InChI=1S/C12H20O4.V/c1-9(14)5-6-11(7-8-13)12(3,4)16-10(2)15;/h8,11H,5-7H2,1-4H3;. The van der Waals surface area contributed by atoms with E-state index in [2.05, 4.69) is 0 Å². The number of rotatable bonds is 7. The second-order valence-corrected chi connectivity index (χ2v) is 4.54. The van der Waals surface area contributed by atoms with E-state index in [1.54, 1.807) is 13.8 Å². The smallest absolute Gasteiger partial charge is 0.303 e. The molecule has 5 heteroatoms. The van der Waals surface area contributed by atoms with Gasteiger partial charge in [0.15, 0.2) is 0 Å². The number of ether oxygens (including phenoxy) is 1. The quantitative estimate of drug-likeness (QED) is 0.527. The summed E-state index contributed by atoms with van der Waals surface area (Å²) < 4.78 is 5.18. The van der Waals surface area contributed by atoms with Gasteiger partial charge >= 0.3 is 5.97 Å². The molecule has 0 aliphatic heterocycles. The zero-order valence-electron chi connectivity index (χ0n) is 10.9. The Morgan fingerprint density at radius 1 is 1.29 bits per heavy atom. The maximum Gasteiger partial charge on any atom is 0.303 e. The zero-order valence-corrected chi connectivity index (χ0v) is 12.3. The number of hydrogen-bond acceptors (Lipinski definition) is 4. The summed E-state index contributed by atoms with van der Waals surface area (Å²) in [6, 6.07) is 0. The Hall–Kier alpha value is -0.606. The molecule has 97 valence electrons. The SMILES string of the molecule is CC(=O)CCC(CC=O)C(C)(C)OC(C)=O.[V]. The molecule has 0 fully saturated rings. The van der Waals surface area contributed by atoms with Gasteiger partial charge in [0.1, 0.15) is 17.7 Å². The van der Waals surface area contributed by atoms with Gasteiger partial charge in [0.25, 0.3) is 0 Å². The van der Waals surface area contributed by atoms with Crippen LogP contribution in [0.3, 0.4) is 0 Å². The summed E-state index contributed by atoms with van der Waals surface area (Å²) >= 11 is 0. The molecule has 0 heterocycles. The minimum Gasteiger partial charge on any atom is -0.460 e. The van der Waals surface area contributed by atoms with Crippen molar-refractivity contribution in [2.45, 2.75) is 52.6 Å². The van der Waals surface area contributed by atoms with Crippen molar-refractivity contribution < 1.29 is 37.7 Å².